The molecule has 3 aromatic heterocycles. The Morgan fingerprint density at radius 1 is 1.15 bits per heavy atom. The number of imidazole rings is 1. The lowest BCUT2D eigenvalue weighted by atomic mass is 9.90. The average Bonchev–Trinajstić information content (AvgIpc) is 3.60. The third kappa shape index (κ3) is 5.10. The van der Waals surface area contributed by atoms with Gasteiger partial charge in [-0.1, -0.05) is 42.3 Å². The van der Waals surface area contributed by atoms with Crippen molar-refractivity contribution >= 4 is 45.8 Å². The van der Waals surface area contributed by atoms with Gasteiger partial charge in [0.05, 0.1) is 18.4 Å². The monoisotopic (exact) mass is 491 g/mol. The molecule has 0 atom stereocenters. The number of aryl methyl sites for hydroxylation is 1. The van der Waals surface area contributed by atoms with Crippen molar-refractivity contribution in [2.24, 2.45) is 5.92 Å². The van der Waals surface area contributed by atoms with Crippen LogP contribution in [0.1, 0.15) is 57.9 Å². The first-order valence-electron chi connectivity index (χ1n) is 11.4. The Kier molecular flexibility index (Phi) is 6.82. The van der Waals surface area contributed by atoms with Crippen molar-refractivity contribution < 1.29 is 9.59 Å². The molecule has 0 radical (unpaired) electrons. The summed E-state index contributed by atoms with van der Waals surface area (Å²) in [7, 11) is 0. The van der Waals surface area contributed by atoms with E-state index in [9.17, 15) is 9.59 Å². The summed E-state index contributed by atoms with van der Waals surface area (Å²) in [6.45, 7) is 1.99. The van der Waals surface area contributed by atoms with Crippen LogP contribution in [-0.4, -0.2) is 36.5 Å². The van der Waals surface area contributed by atoms with Crippen molar-refractivity contribution in [2.75, 3.05) is 0 Å². The summed E-state index contributed by atoms with van der Waals surface area (Å²) in [5.74, 6) is 1.03. The Labute approximate surface area is 205 Å². The normalized spacial score (nSPS) is 14.1. The van der Waals surface area contributed by atoms with Gasteiger partial charge >= 0.3 is 0 Å². The highest BCUT2D eigenvalue weighted by Gasteiger charge is 2.26. The quantitative estimate of drug-likeness (QED) is 0.197. The number of nitrogens with zero attached hydrogens (tertiary/aromatic N) is 4. The molecule has 7 nitrogen and oxygen atoms in total. The zero-order chi connectivity index (χ0) is 23.5. The molecule has 0 spiro atoms. The van der Waals surface area contributed by atoms with Crippen molar-refractivity contribution in [1.82, 2.24) is 24.9 Å². The van der Waals surface area contributed by atoms with E-state index in [0.29, 0.717) is 11.4 Å². The van der Waals surface area contributed by atoms with Gasteiger partial charge < -0.3 is 4.98 Å². The predicted octanol–water partition coefficient (Wildman–Crippen LogP) is 5.14. The van der Waals surface area contributed by atoms with E-state index in [1.165, 1.54) is 17.7 Å². The van der Waals surface area contributed by atoms with Gasteiger partial charge in [-0.2, -0.15) is 0 Å². The number of fused-ring (bicyclic) bond motifs is 1. The molecule has 5 rings (SSSR count). The third-order valence-corrected chi connectivity index (χ3v) is 8.06. The Morgan fingerprint density at radius 2 is 2.00 bits per heavy atom. The maximum atomic E-state index is 13.1. The van der Waals surface area contributed by atoms with Crippen LogP contribution >= 0.6 is 23.1 Å². The SMILES string of the molecule is Cc1ccc(CC(=O)Cc2nc(CSc3ncnc4nc[nH]c34)cs2)c(C(=O)C2CCCC2)c1. The van der Waals surface area contributed by atoms with E-state index in [1.54, 1.807) is 18.1 Å². The molecular formula is C25H25N5O2S2. The lowest BCUT2D eigenvalue weighted by molar-refractivity contribution is -0.117. The first-order valence-corrected chi connectivity index (χ1v) is 13.3. The largest absolute Gasteiger partial charge is 0.341 e. The molecule has 0 saturated heterocycles. The number of Topliss-reactive ketones (excluding diaryl/α,β-unsaturated/α-hetero) is 2. The topological polar surface area (TPSA) is 101 Å². The second-order valence-corrected chi connectivity index (χ2v) is 10.6. The van der Waals surface area contributed by atoms with Crippen LogP contribution in [0.4, 0.5) is 0 Å². The van der Waals surface area contributed by atoms with Crippen LogP contribution in [0.3, 0.4) is 0 Å². The third-order valence-electron chi connectivity index (χ3n) is 6.14. The summed E-state index contributed by atoms with van der Waals surface area (Å²) in [6, 6.07) is 5.87. The second-order valence-electron chi connectivity index (χ2n) is 8.70. The molecule has 0 amide bonds. The number of hydrogen-bond acceptors (Lipinski definition) is 8. The van der Waals surface area contributed by atoms with E-state index >= 15 is 0 Å². The van der Waals surface area contributed by atoms with Crippen LogP contribution in [0.5, 0.6) is 0 Å². The van der Waals surface area contributed by atoms with Gasteiger partial charge in [0.2, 0.25) is 0 Å². The molecule has 34 heavy (non-hydrogen) atoms. The minimum absolute atomic E-state index is 0.0767. The lowest BCUT2D eigenvalue weighted by Gasteiger charge is -2.13. The molecule has 1 N–H and O–H groups in total. The maximum Gasteiger partial charge on any atom is 0.181 e. The van der Waals surface area contributed by atoms with Gasteiger partial charge in [-0.05, 0) is 31.4 Å². The van der Waals surface area contributed by atoms with Crippen molar-refractivity contribution in [3.05, 3.63) is 63.6 Å². The first kappa shape index (κ1) is 22.9. The number of aromatic nitrogens is 5. The number of carbonyl (C=O) groups excluding carboxylic acids is 2. The number of H-pyrrole nitrogens is 1. The molecule has 1 aliphatic carbocycles. The second kappa shape index (κ2) is 10.1. The van der Waals surface area contributed by atoms with Gasteiger partial charge in [0.1, 0.15) is 27.7 Å². The highest BCUT2D eigenvalue weighted by Crippen LogP contribution is 2.30. The van der Waals surface area contributed by atoms with Crippen molar-refractivity contribution in [3.8, 4) is 0 Å². The van der Waals surface area contributed by atoms with Crippen molar-refractivity contribution in [1.29, 1.82) is 0 Å². The summed E-state index contributed by atoms with van der Waals surface area (Å²) in [6.07, 6.45) is 7.80. The van der Waals surface area contributed by atoms with E-state index in [-0.39, 0.29) is 30.3 Å². The van der Waals surface area contributed by atoms with Crippen LogP contribution in [0.2, 0.25) is 0 Å². The number of ketones is 2. The molecule has 9 heteroatoms. The zero-order valence-corrected chi connectivity index (χ0v) is 20.5. The highest BCUT2D eigenvalue weighted by atomic mass is 32.2. The first-order chi connectivity index (χ1) is 16.6. The van der Waals surface area contributed by atoms with Gasteiger partial charge in [-0.15, -0.1) is 11.3 Å². The predicted molar refractivity (Wildman–Crippen MR) is 133 cm³/mol. The average molecular weight is 492 g/mol. The molecule has 1 fully saturated rings. The van der Waals surface area contributed by atoms with Crippen LogP contribution < -0.4 is 0 Å². The van der Waals surface area contributed by atoms with Crippen LogP contribution in [0, 0.1) is 12.8 Å². The number of benzene rings is 1. The number of nitrogens with one attached hydrogen (secondary N) is 1. The van der Waals surface area contributed by atoms with E-state index in [1.807, 2.05) is 30.5 Å². The van der Waals surface area contributed by atoms with E-state index in [2.05, 4.69) is 24.9 Å². The Balaban J connectivity index is 1.22. The zero-order valence-electron chi connectivity index (χ0n) is 18.9. The fourth-order valence-electron chi connectivity index (χ4n) is 4.42. The summed E-state index contributed by atoms with van der Waals surface area (Å²) in [5, 5.41) is 3.61. The fraction of sp³-hybridized carbons (Fsp3) is 0.360. The van der Waals surface area contributed by atoms with Gasteiger partial charge in [0.25, 0.3) is 0 Å². The Morgan fingerprint density at radius 3 is 2.85 bits per heavy atom. The standard InChI is InChI=1S/C25H25N5O2S2/c1-15-6-7-17(20(8-15)23(32)16-4-2-3-5-16)9-19(31)10-21-30-18(11-33-21)12-34-25-22-24(27-13-26-22)28-14-29-25/h6-8,11,13-14,16H,2-5,9-10,12H2,1H3,(H,26,27,28,29). The van der Waals surface area contributed by atoms with Gasteiger partial charge in [0, 0.05) is 29.0 Å². The van der Waals surface area contributed by atoms with Gasteiger partial charge in [-0.3, -0.25) is 9.59 Å². The number of carbonyl (C=O) groups is 2. The molecule has 174 valence electrons. The summed E-state index contributed by atoms with van der Waals surface area (Å²) in [4.78, 5) is 46.3. The smallest absolute Gasteiger partial charge is 0.181 e. The molecule has 4 aromatic rings. The molecular weight excluding hydrogens is 466 g/mol. The summed E-state index contributed by atoms with van der Waals surface area (Å²) < 4.78 is 0. The summed E-state index contributed by atoms with van der Waals surface area (Å²) >= 11 is 3.06. The number of thioether (sulfide) groups is 1. The molecule has 1 saturated carbocycles. The minimum Gasteiger partial charge on any atom is -0.341 e. The number of hydrogen-bond donors (Lipinski definition) is 1. The van der Waals surface area contributed by atoms with Crippen LogP contribution in [0.25, 0.3) is 11.2 Å². The Hall–Kier alpha value is -2.91. The van der Waals surface area contributed by atoms with Gasteiger partial charge in [-0.25, -0.2) is 19.9 Å². The van der Waals surface area contributed by atoms with Crippen molar-refractivity contribution in [3.63, 3.8) is 0 Å². The highest BCUT2D eigenvalue weighted by molar-refractivity contribution is 7.98. The molecule has 3 heterocycles. The molecule has 1 aliphatic rings. The molecule has 0 unspecified atom stereocenters. The van der Waals surface area contributed by atoms with E-state index < -0.39 is 0 Å². The number of thiazole rings is 1. The number of aromatic amines is 1. The maximum absolute atomic E-state index is 13.1. The van der Waals surface area contributed by atoms with E-state index in [0.717, 1.165) is 63.6 Å². The van der Waals surface area contributed by atoms with E-state index in [4.69, 9.17) is 0 Å². The molecule has 1 aromatic carbocycles. The molecule has 0 aliphatic heterocycles. The molecule has 0 bridgehead atoms. The van der Waals surface area contributed by atoms with Crippen LogP contribution in [-0.2, 0) is 23.4 Å². The van der Waals surface area contributed by atoms with Gasteiger partial charge in [0.15, 0.2) is 11.4 Å². The summed E-state index contributed by atoms with van der Waals surface area (Å²) in [5.41, 5.74) is 4.99. The Bertz CT molecular complexity index is 1340. The van der Waals surface area contributed by atoms with Crippen molar-refractivity contribution in [2.45, 2.75) is 56.2 Å². The number of rotatable bonds is 9. The lowest BCUT2D eigenvalue weighted by Crippen LogP contribution is -2.16. The minimum atomic E-state index is 0.0767. The fourth-order valence-corrected chi connectivity index (χ4v) is 6.19. The van der Waals surface area contributed by atoms with Crippen LogP contribution in [0.15, 0.2) is 41.3 Å².